The fourth-order valence-corrected chi connectivity index (χ4v) is 3.83. The van der Waals surface area contributed by atoms with Gasteiger partial charge in [-0.25, -0.2) is 14.4 Å². The van der Waals surface area contributed by atoms with E-state index in [1.807, 2.05) is 60.7 Å². The van der Waals surface area contributed by atoms with Crippen molar-refractivity contribution in [2.75, 3.05) is 13.2 Å². The molecule has 43 heavy (non-hydrogen) atoms. The highest BCUT2D eigenvalue weighted by atomic mass is 16.6. The van der Waals surface area contributed by atoms with Crippen LogP contribution in [0.15, 0.2) is 85.0 Å². The summed E-state index contributed by atoms with van der Waals surface area (Å²) in [5.74, 6) is -0.882. The summed E-state index contributed by atoms with van der Waals surface area (Å²) in [7, 11) is 0. The van der Waals surface area contributed by atoms with Crippen molar-refractivity contribution in [1.82, 2.24) is 16.0 Å². The molecule has 3 amide bonds. The number of amides is 3. The molecule has 0 saturated carbocycles. The van der Waals surface area contributed by atoms with E-state index in [0.717, 1.165) is 11.1 Å². The molecule has 0 spiro atoms. The highest BCUT2D eigenvalue weighted by Gasteiger charge is 2.25. The summed E-state index contributed by atoms with van der Waals surface area (Å²) in [6.07, 6.45) is 6.05. The molecule has 0 radical (unpaired) electrons. The zero-order valence-corrected chi connectivity index (χ0v) is 25.3. The number of hydrogen-bond acceptors (Lipinski definition) is 7. The Hall–Kier alpha value is -4.60. The predicted octanol–water partition coefficient (Wildman–Crippen LogP) is 4.99. The van der Waals surface area contributed by atoms with Gasteiger partial charge in [0.05, 0.1) is 12.6 Å². The molecule has 0 bridgehead atoms. The second kappa shape index (κ2) is 18.8. The minimum absolute atomic E-state index is 0.142. The van der Waals surface area contributed by atoms with Gasteiger partial charge in [0.25, 0.3) is 0 Å². The van der Waals surface area contributed by atoms with Crippen LogP contribution in [0.2, 0.25) is 0 Å². The topological polar surface area (TPSA) is 132 Å². The Kier molecular flexibility index (Phi) is 15.1. The molecule has 0 fully saturated rings. The summed E-state index contributed by atoms with van der Waals surface area (Å²) < 4.78 is 15.5. The molecule has 0 aliphatic carbocycles. The van der Waals surface area contributed by atoms with Crippen molar-refractivity contribution in [3.8, 4) is 0 Å². The quantitative estimate of drug-likeness (QED) is 0.0872. The maximum Gasteiger partial charge on any atom is 0.408 e. The van der Waals surface area contributed by atoms with E-state index >= 15 is 0 Å². The predicted molar refractivity (Wildman–Crippen MR) is 164 cm³/mol. The van der Waals surface area contributed by atoms with Crippen LogP contribution >= 0.6 is 0 Å². The van der Waals surface area contributed by atoms with Gasteiger partial charge in [0.15, 0.2) is 0 Å². The molecule has 0 heterocycles. The van der Waals surface area contributed by atoms with Gasteiger partial charge in [-0.15, -0.1) is 0 Å². The third-order valence-corrected chi connectivity index (χ3v) is 5.76. The number of ether oxygens (including phenoxy) is 3. The zero-order valence-electron chi connectivity index (χ0n) is 25.3. The number of hydrogen-bond donors (Lipinski definition) is 3. The van der Waals surface area contributed by atoms with E-state index in [1.54, 1.807) is 45.9 Å². The second-order valence-electron chi connectivity index (χ2n) is 10.6. The van der Waals surface area contributed by atoms with Crippen molar-refractivity contribution in [2.45, 2.75) is 71.2 Å². The molecule has 232 valence electrons. The van der Waals surface area contributed by atoms with Crippen LogP contribution in [0, 0.1) is 0 Å². The van der Waals surface area contributed by atoms with Crippen LogP contribution in [0.3, 0.4) is 0 Å². The van der Waals surface area contributed by atoms with Crippen LogP contribution in [0.4, 0.5) is 9.59 Å². The normalized spacial score (nSPS) is 12.7. The van der Waals surface area contributed by atoms with Crippen LogP contribution < -0.4 is 16.0 Å². The Balaban J connectivity index is 2.04. The summed E-state index contributed by atoms with van der Waals surface area (Å²) in [6, 6.07) is 17.5. The molecular weight excluding hydrogens is 550 g/mol. The van der Waals surface area contributed by atoms with Gasteiger partial charge in [0.2, 0.25) is 5.91 Å². The minimum Gasteiger partial charge on any atom is -0.463 e. The standard InChI is InChI=1S/C33H43N3O7/c1-5-41-29(37)21-13-12-19-27(23-25-15-8-6-9-16-25)35-30(38)28(36-32(40)43-33(2,3)4)20-14-22-34-31(39)42-24-26-17-10-7-11-18-26/h6-13,15-19,21,27-28H,5,14,20,22-24H2,1-4H3,(H,34,39)(H,35,38)(H,36,40)/b19-12+,21-13+/t27-,28+/m1/s1. The molecule has 2 aromatic carbocycles. The molecule has 10 nitrogen and oxygen atoms in total. The van der Waals surface area contributed by atoms with Gasteiger partial charge in [0, 0.05) is 12.6 Å². The van der Waals surface area contributed by atoms with Crippen molar-refractivity contribution >= 4 is 24.1 Å². The van der Waals surface area contributed by atoms with Gasteiger partial charge in [0.1, 0.15) is 18.2 Å². The Morgan fingerprint density at radius 1 is 0.837 bits per heavy atom. The first-order chi connectivity index (χ1) is 20.6. The lowest BCUT2D eigenvalue weighted by Gasteiger charge is -2.25. The van der Waals surface area contributed by atoms with Crippen molar-refractivity contribution in [3.05, 3.63) is 96.1 Å². The number of allylic oxidation sites excluding steroid dienone is 2. The number of carbonyl (C=O) groups excluding carboxylic acids is 4. The molecular formula is C33H43N3O7. The van der Waals surface area contributed by atoms with E-state index in [4.69, 9.17) is 14.2 Å². The third kappa shape index (κ3) is 15.8. The molecule has 0 aliphatic heterocycles. The first kappa shape index (κ1) is 34.6. The Bertz CT molecular complexity index is 1210. The monoisotopic (exact) mass is 593 g/mol. The molecule has 0 saturated heterocycles. The first-order valence-corrected chi connectivity index (χ1v) is 14.4. The van der Waals surface area contributed by atoms with Crippen LogP contribution in [0.1, 0.15) is 51.7 Å². The second-order valence-corrected chi connectivity index (χ2v) is 10.6. The van der Waals surface area contributed by atoms with Crippen LogP contribution in [0.25, 0.3) is 0 Å². The number of rotatable bonds is 15. The molecule has 0 aromatic heterocycles. The Morgan fingerprint density at radius 3 is 2.12 bits per heavy atom. The lowest BCUT2D eigenvalue weighted by atomic mass is 10.0. The lowest BCUT2D eigenvalue weighted by Crippen LogP contribution is -2.51. The van der Waals surface area contributed by atoms with Crippen molar-refractivity contribution < 1.29 is 33.4 Å². The van der Waals surface area contributed by atoms with Crippen LogP contribution in [-0.4, -0.2) is 54.9 Å². The first-order valence-electron chi connectivity index (χ1n) is 14.4. The molecule has 2 rings (SSSR count). The van der Waals surface area contributed by atoms with Crippen molar-refractivity contribution in [2.24, 2.45) is 0 Å². The van der Waals surface area contributed by atoms with Gasteiger partial charge >= 0.3 is 18.2 Å². The lowest BCUT2D eigenvalue weighted by molar-refractivity contribution is -0.137. The number of esters is 1. The maximum absolute atomic E-state index is 13.4. The fraction of sp³-hybridized carbons (Fsp3) is 0.394. The number of carbonyl (C=O) groups is 4. The van der Waals surface area contributed by atoms with E-state index in [-0.39, 0.29) is 26.2 Å². The van der Waals surface area contributed by atoms with Gasteiger partial charge in [-0.3, -0.25) is 4.79 Å². The minimum atomic E-state index is -0.932. The molecule has 2 atom stereocenters. The van der Waals surface area contributed by atoms with Gasteiger partial charge < -0.3 is 30.2 Å². The van der Waals surface area contributed by atoms with E-state index < -0.39 is 41.7 Å². The summed E-state index contributed by atoms with van der Waals surface area (Å²) in [4.78, 5) is 49.7. The van der Waals surface area contributed by atoms with E-state index in [2.05, 4.69) is 16.0 Å². The SMILES string of the molecule is CCOC(=O)/C=C/C=C/[C@H](Cc1ccccc1)NC(=O)[C@H](CCCNC(=O)OCc1ccccc1)NC(=O)OC(C)(C)C. The average molecular weight is 594 g/mol. The highest BCUT2D eigenvalue weighted by molar-refractivity contribution is 5.86. The summed E-state index contributed by atoms with van der Waals surface area (Å²) in [5, 5.41) is 8.31. The highest BCUT2D eigenvalue weighted by Crippen LogP contribution is 2.10. The molecule has 10 heteroatoms. The number of nitrogens with one attached hydrogen (secondary N) is 3. The smallest absolute Gasteiger partial charge is 0.408 e. The Morgan fingerprint density at radius 2 is 1.49 bits per heavy atom. The summed E-state index contributed by atoms with van der Waals surface area (Å²) in [6.45, 7) is 7.58. The zero-order chi connectivity index (χ0) is 31.5. The van der Waals surface area contributed by atoms with Gasteiger partial charge in [-0.05, 0) is 58.1 Å². The van der Waals surface area contributed by atoms with E-state index in [9.17, 15) is 19.2 Å². The molecule has 3 N–H and O–H groups in total. The molecule has 0 aliphatic rings. The third-order valence-electron chi connectivity index (χ3n) is 5.76. The largest absolute Gasteiger partial charge is 0.463 e. The summed E-state index contributed by atoms with van der Waals surface area (Å²) >= 11 is 0. The number of alkyl carbamates (subject to hydrolysis) is 2. The number of benzene rings is 2. The average Bonchev–Trinajstić information content (AvgIpc) is 2.96. The van der Waals surface area contributed by atoms with E-state index in [0.29, 0.717) is 12.8 Å². The Labute approximate surface area is 253 Å². The molecule has 2 aromatic rings. The van der Waals surface area contributed by atoms with Crippen LogP contribution in [0.5, 0.6) is 0 Å². The van der Waals surface area contributed by atoms with Crippen molar-refractivity contribution in [3.63, 3.8) is 0 Å². The van der Waals surface area contributed by atoms with Gasteiger partial charge in [-0.1, -0.05) is 78.9 Å². The van der Waals surface area contributed by atoms with Gasteiger partial charge in [-0.2, -0.15) is 0 Å². The maximum atomic E-state index is 13.4. The summed E-state index contributed by atoms with van der Waals surface area (Å²) in [5.41, 5.74) is 1.10. The van der Waals surface area contributed by atoms with E-state index in [1.165, 1.54) is 6.08 Å². The fourth-order valence-electron chi connectivity index (χ4n) is 3.83. The van der Waals surface area contributed by atoms with Crippen molar-refractivity contribution in [1.29, 1.82) is 0 Å². The molecule has 0 unspecified atom stereocenters. The van der Waals surface area contributed by atoms with Crippen LogP contribution in [-0.2, 0) is 36.8 Å².